The summed E-state index contributed by atoms with van der Waals surface area (Å²) in [6, 6.07) is 21.8. The zero-order valence-corrected chi connectivity index (χ0v) is 25.9. The molecule has 9 nitrogen and oxygen atoms in total. The summed E-state index contributed by atoms with van der Waals surface area (Å²) in [5, 5.41) is 22.4. The average molecular weight is 644 g/mol. The van der Waals surface area contributed by atoms with Crippen LogP contribution >= 0.6 is 23.1 Å². The molecule has 1 aromatic heterocycles. The fourth-order valence-corrected chi connectivity index (χ4v) is 7.12. The summed E-state index contributed by atoms with van der Waals surface area (Å²) < 4.78 is 31.0. The number of benzene rings is 4. The minimum atomic E-state index is -1.13. The standard InChI is InChI=1S/C33H26FN3O6S2/c1-41-24-13-12-20(15-23(24)34)29(38)27-28(19-11-14-25(42-2)26(16-19)43-3)37(31(40)30(27)39)32-35-36-33(45-32)44-17-21-9-6-8-18-7-4-5-10-22(18)21/h4-16,28,38H,17H2,1-3H3/t28-/m0/s1. The number of amides is 1. The summed E-state index contributed by atoms with van der Waals surface area (Å²) in [5.41, 5.74) is 1.31. The van der Waals surface area contributed by atoms with Crippen LogP contribution in [0.4, 0.5) is 9.52 Å². The van der Waals surface area contributed by atoms with Gasteiger partial charge in [0.25, 0.3) is 5.78 Å². The van der Waals surface area contributed by atoms with Gasteiger partial charge in [0.05, 0.1) is 32.9 Å². The van der Waals surface area contributed by atoms with Crippen LogP contribution in [0.15, 0.2) is 88.8 Å². The lowest BCUT2D eigenvalue weighted by molar-refractivity contribution is -0.132. The van der Waals surface area contributed by atoms with Gasteiger partial charge < -0.3 is 19.3 Å². The number of thioether (sulfide) groups is 1. The number of aliphatic hydroxyl groups is 1. The van der Waals surface area contributed by atoms with Gasteiger partial charge >= 0.3 is 5.91 Å². The predicted molar refractivity (Wildman–Crippen MR) is 171 cm³/mol. The number of aliphatic hydroxyl groups excluding tert-OH is 1. The topological polar surface area (TPSA) is 111 Å². The first-order valence-corrected chi connectivity index (χ1v) is 15.4. The Morgan fingerprint density at radius 3 is 2.40 bits per heavy atom. The van der Waals surface area contributed by atoms with Crippen LogP contribution in [0.2, 0.25) is 0 Å². The summed E-state index contributed by atoms with van der Waals surface area (Å²) in [5.74, 6) is -1.81. The first-order chi connectivity index (χ1) is 21.8. The molecular formula is C33H26FN3O6S2. The molecule has 0 aliphatic carbocycles. The SMILES string of the molecule is COc1ccc(C(O)=C2C(=O)C(=O)N(c3nnc(SCc4cccc5ccccc45)s3)[C@H]2c2ccc(OC)c(OC)c2)cc1F. The largest absolute Gasteiger partial charge is 0.507 e. The molecule has 45 heavy (non-hydrogen) atoms. The molecule has 0 unspecified atom stereocenters. The highest BCUT2D eigenvalue weighted by molar-refractivity contribution is 8.00. The molecule has 4 aromatic carbocycles. The van der Waals surface area contributed by atoms with E-state index in [2.05, 4.69) is 34.5 Å². The second kappa shape index (κ2) is 12.6. The monoisotopic (exact) mass is 643 g/mol. The first kappa shape index (κ1) is 30.1. The van der Waals surface area contributed by atoms with E-state index in [1.807, 2.05) is 18.2 Å². The number of aromatic nitrogens is 2. The third kappa shape index (κ3) is 5.58. The molecule has 1 amide bonds. The van der Waals surface area contributed by atoms with Crippen LogP contribution in [0.25, 0.3) is 16.5 Å². The Morgan fingerprint density at radius 1 is 0.911 bits per heavy atom. The number of carbonyl (C=O) groups excluding carboxylic acids is 2. The van der Waals surface area contributed by atoms with Crippen molar-refractivity contribution in [3.05, 3.63) is 107 Å². The van der Waals surface area contributed by atoms with Crippen molar-refractivity contribution < 1.29 is 33.3 Å². The van der Waals surface area contributed by atoms with E-state index in [0.29, 0.717) is 27.2 Å². The van der Waals surface area contributed by atoms with Crippen LogP contribution in [0.1, 0.15) is 22.7 Å². The molecule has 228 valence electrons. The maximum absolute atomic E-state index is 14.6. The average Bonchev–Trinajstić information content (AvgIpc) is 3.64. The molecule has 1 fully saturated rings. The zero-order valence-electron chi connectivity index (χ0n) is 24.3. The molecule has 5 aromatic rings. The van der Waals surface area contributed by atoms with Gasteiger partial charge in [0.2, 0.25) is 5.13 Å². The van der Waals surface area contributed by atoms with Crippen LogP contribution in [0, 0.1) is 5.82 Å². The van der Waals surface area contributed by atoms with E-state index in [0.717, 1.165) is 33.7 Å². The quantitative estimate of drug-likeness (QED) is 0.0611. The maximum atomic E-state index is 14.6. The minimum absolute atomic E-state index is 0.000345. The Labute approximate surface area is 265 Å². The number of halogens is 1. The second-order valence-corrected chi connectivity index (χ2v) is 12.1. The van der Waals surface area contributed by atoms with Gasteiger partial charge in [-0.1, -0.05) is 71.6 Å². The zero-order chi connectivity index (χ0) is 31.7. The third-order valence-corrected chi connectivity index (χ3v) is 9.53. The van der Waals surface area contributed by atoms with Crippen molar-refractivity contribution >= 4 is 56.5 Å². The summed E-state index contributed by atoms with van der Waals surface area (Å²) in [6.45, 7) is 0. The van der Waals surface area contributed by atoms with E-state index in [-0.39, 0.29) is 22.0 Å². The smallest absolute Gasteiger partial charge is 0.301 e. The number of methoxy groups -OCH3 is 3. The molecule has 1 aliphatic rings. The first-order valence-electron chi connectivity index (χ1n) is 13.6. The van der Waals surface area contributed by atoms with E-state index in [9.17, 15) is 19.1 Å². The lowest BCUT2D eigenvalue weighted by atomic mass is 9.95. The Balaban J connectivity index is 1.41. The van der Waals surface area contributed by atoms with Gasteiger partial charge in [-0.15, -0.1) is 10.2 Å². The highest BCUT2D eigenvalue weighted by Crippen LogP contribution is 2.46. The number of nitrogens with zero attached hydrogens (tertiary/aromatic N) is 3. The summed E-state index contributed by atoms with van der Waals surface area (Å²) in [4.78, 5) is 28.4. The van der Waals surface area contributed by atoms with Crippen molar-refractivity contribution in [2.75, 3.05) is 26.2 Å². The van der Waals surface area contributed by atoms with E-state index in [1.54, 1.807) is 18.2 Å². The Hall–Kier alpha value is -4.94. The van der Waals surface area contributed by atoms with Gasteiger partial charge in [-0.3, -0.25) is 14.5 Å². The van der Waals surface area contributed by atoms with Gasteiger partial charge in [-0.05, 0) is 52.2 Å². The lowest BCUT2D eigenvalue weighted by Crippen LogP contribution is -2.29. The van der Waals surface area contributed by atoms with Gasteiger partial charge in [-0.2, -0.15) is 0 Å². The Bertz CT molecular complexity index is 1970. The van der Waals surface area contributed by atoms with Crippen LogP contribution in [-0.2, 0) is 15.3 Å². The van der Waals surface area contributed by atoms with Gasteiger partial charge in [0.1, 0.15) is 5.76 Å². The Morgan fingerprint density at radius 2 is 1.64 bits per heavy atom. The normalized spacial score (nSPS) is 15.9. The summed E-state index contributed by atoms with van der Waals surface area (Å²) in [7, 11) is 4.26. The molecular weight excluding hydrogens is 618 g/mol. The van der Waals surface area contributed by atoms with Gasteiger partial charge in [-0.25, -0.2) is 4.39 Å². The highest BCUT2D eigenvalue weighted by Gasteiger charge is 2.48. The second-order valence-electron chi connectivity index (χ2n) is 9.91. The van der Waals surface area contributed by atoms with Gasteiger partial charge in [0, 0.05) is 11.3 Å². The molecule has 1 atom stereocenters. The minimum Gasteiger partial charge on any atom is -0.507 e. The summed E-state index contributed by atoms with van der Waals surface area (Å²) in [6.07, 6.45) is 0. The van der Waals surface area contributed by atoms with Crippen molar-refractivity contribution in [1.82, 2.24) is 10.2 Å². The molecule has 1 N–H and O–H groups in total. The summed E-state index contributed by atoms with van der Waals surface area (Å²) >= 11 is 2.61. The van der Waals surface area contributed by atoms with Crippen molar-refractivity contribution in [2.24, 2.45) is 0 Å². The van der Waals surface area contributed by atoms with E-state index in [1.165, 1.54) is 50.1 Å². The van der Waals surface area contributed by atoms with Crippen LogP contribution < -0.4 is 19.1 Å². The molecule has 0 spiro atoms. The number of fused-ring (bicyclic) bond motifs is 1. The predicted octanol–water partition coefficient (Wildman–Crippen LogP) is 6.77. The molecule has 2 heterocycles. The fourth-order valence-electron chi connectivity index (χ4n) is 5.25. The third-order valence-electron chi connectivity index (χ3n) is 7.43. The molecule has 1 aliphatic heterocycles. The molecule has 0 radical (unpaired) electrons. The van der Waals surface area contributed by atoms with Crippen molar-refractivity contribution in [2.45, 2.75) is 16.1 Å². The highest BCUT2D eigenvalue weighted by atomic mass is 32.2. The number of anilines is 1. The fraction of sp³-hybridized carbons (Fsp3) is 0.152. The number of ketones is 1. The number of ether oxygens (including phenoxy) is 3. The Kier molecular flexibility index (Phi) is 8.42. The lowest BCUT2D eigenvalue weighted by Gasteiger charge is -2.23. The molecule has 1 saturated heterocycles. The van der Waals surface area contributed by atoms with Crippen molar-refractivity contribution in [3.63, 3.8) is 0 Å². The van der Waals surface area contributed by atoms with Crippen LogP contribution in [-0.4, -0.2) is 48.3 Å². The molecule has 0 saturated carbocycles. The van der Waals surface area contributed by atoms with Crippen LogP contribution in [0.3, 0.4) is 0 Å². The van der Waals surface area contributed by atoms with Crippen LogP contribution in [0.5, 0.6) is 17.2 Å². The molecule has 12 heteroatoms. The van der Waals surface area contributed by atoms with Gasteiger partial charge in [0.15, 0.2) is 27.4 Å². The molecule has 6 rings (SSSR count). The van der Waals surface area contributed by atoms with Crippen molar-refractivity contribution in [1.29, 1.82) is 0 Å². The van der Waals surface area contributed by atoms with E-state index in [4.69, 9.17) is 14.2 Å². The molecule has 0 bridgehead atoms. The van der Waals surface area contributed by atoms with Crippen molar-refractivity contribution in [3.8, 4) is 17.2 Å². The van der Waals surface area contributed by atoms with E-state index >= 15 is 0 Å². The maximum Gasteiger partial charge on any atom is 0.301 e. The number of rotatable bonds is 9. The number of hydrogen-bond acceptors (Lipinski definition) is 10. The number of Topliss-reactive ketones (excluding diaryl/α,β-unsaturated/α-hetero) is 1. The number of hydrogen-bond donors (Lipinski definition) is 1. The van der Waals surface area contributed by atoms with E-state index < -0.39 is 29.3 Å². The number of carbonyl (C=O) groups is 2.